The monoisotopic (exact) mass is 466 g/mol. The summed E-state index contributed by atoms with van der Waals surface area (Å²) in [5, 5.41) is 6.47. The quantitative estimate of drug-likeness (QED) is 0.596. The lowest BCUT2D eigenvalue weighted by atomic mass is 9.80. The van der Waals surface area contributed by atoms with E-state index in [2.05, 4.69) is 10.6 Å². The second-order valence-corrected chi connectivity index (χ2v) is 9.66. The van der Waals surface area contributed by atoms with Crippen LogP contribution in [-0.4, -0.2) is 97.1 Å². The molecule has 0 aromatic rings. The van der Waals surface area contributed by atoms with E-state index in [9.17, 15) is 19.2 Å². The Morgan fingerprint density at radius 1 is 1.06 bits per heavy atom. The highest BCUT2D eigenvalue weighted by molar-refractivity contribution is 5.95. The van der Waals surface area contributed by atoms with Gasteiger partial charge in [0.1, 0.15) is 18.8 Å². The SMILES string of the molecule is CC(C)N[C@@]1(C)CCN(C)C(=O)OCC=CCOC(=O)N2CC(C(=O)C(C)C)(C2)NCC1=O. The summed E-state index contributed by atoms with van der Waals surface area (Å²) < 4.78 is 10.4. The highest BCUT2D eigenvalue weighted by Gasteiger charge is 2.52. The maximum absolute atomic E-state index is 13.3. The van der Waals surface area contributed by atoms with Crippen molar-refractivity contribution >= 4 is 23.8 Å². The molecule has 0 radical (unpaired) electrons. The zero-order chi connectivity index (χ0) is 24.8. The van der Waals surface area contributed by atoms with Crippen molar-refractivity contribution in [1.82, 2.24) is 20.4 Å². The van der Waals surface area contributed by atoms with Gasteiger partial charge < -0.3 is 24.6 Å². The van der Waals surface area contributed by atoms with Gasteiger partial charge in [0, 0.05) is 25.6 Å². The van der Waals surface area contributed by atoms with Crippen molar-refractivity contribution < 1.29 is 28.7 Å². The van der Waals surface area contributed by atoms with Crippen LogP contribution in [0.2, 0.25) is 0 Å². The standard InChI is InChI=1S/C23H38N4O6/c1-16(2)19(29)23-14-27(15-23)21(31)33-12-8-7-11-32-20(30)26(6)10-9-22(5,25-17(3)4)18(28)13-24-23/h7-8,16-17,24-25H,9-15H2,1-6H3/t22-/m0/s1. The Balaban J connectivity index is 2.26. The molecule has 2 N–H and O–H groups in total. The van der Waals surface area contributed by atoms with Crippen LogP contribution in [0.5, 0.6) is 0 Å². The fourth-order valence-electron chi connectivity index (χ4n) is 4.07. The minimum atomic E-state index is -0.983. The van der Waals surface area contributed by atoms with E-state index in [1.54, 1.807) is 40.0 Å². The van der Waals surface area contributed by atoms with Crippen molar-refractivity contribution in [3.05, 3.63) is 12.2 Å². The first-order valence-corrected chi connectivity index (χ1v) is 11.4. The van der Waals surface area contributed by atoms with Gasteiger partial charge in [-0.25, -0.2) is 9.59 Å². The summed E-state index contributed by atoms with van der Waals surface area (Å²) in [5.74, 6) is -0.431. The van der Waals surface area contributed by atoms with Gasteiger partial charge in [-0.3, -0.25) is 14.9 Å². The van der Waals surface area contributed by atoms with Crippen molar-refractivity contribution in [2.24, 2.45) is 5.92 Å². The molecule has 33 heavy (non-hydrogen) atoms. The molecular formula is C23H38N4O6. The fourth-order valence-corrected chi connectivity index (χ4v) is 4.07. The number of nitrogens with one attached hydrogen (secondary N) is 2. The second-order valence-electron chi connectivity index (χ2n) is 9.66. The lowest BCUT2D eigenvalue weighted by Gasteiger charge is -2.49. The molecule has 0 aromatic carbocycles. The van der Waals surface area contributed by atoms with E-state index in [-0.39, 0.29) is 56.4 Å². The molecular weight excluding hydrogens is 428 g/mol. The lowest BCUT2D eigenvalue weighted by molar-refractivity contribution is -0.136. The molecule has 2 amide bonds. The van der Waals surface area contributed by atoms with Crippen molar-refractivity contribution in [2.45, 2.75) is 58.2 Å². The van der Waals surface area contributed by atoms with E-state index in [0.717, 1.165) is 0 Å². The number of ketones is 2. The molecule has 1 fully saturated rings. The summed E-state index contributed by atoms with van der Waals surface area (Å²) in [6, 6.07) is 0.0272. The van der Waals surface area contributed by atoms with Crippen molar-refractivity contribution in [3.63, 3.8) is 0 Å². The second kappa shape index (κ2) is 11.1. The normalized spacial score (nSPS) is 28.2. The predicted octanol–water partition coefficient (Wildman–Crippen LogP) is 1.35. The number of carbonyl (C=O) groups is 4. The third-order valence-corrected chi connectivity index (χ3v) is 6.02. The first kappa shape index (κ1) is 26.8. The van der Waals surface area contributed by atoms with Crippen LogP contribution in [-0.2, 0) is 19.1 Å². The molecule has 0 spiro atoms. The van der Waals surface area contributed by atoms with Crippen LogP contribution in [0.25, 0.3) is 0 Å². The fraction of sp³-hybridized carbons (Fsp3) is 0.739. The van der Waals surface area contributed by atoms with Gasteiger partial charge in [-0.2, -0.15) is 0 Å². The first-order chi connectivity index (χ1) is 15.4. The van der Waals surface area contributed by atoms with E-state index in [1.165, 1.54) is 9.80 Å². The molecule has 3 rings (SSSR count). The molecule has 0 aromatic heterocycles. The Bertz CT molecular complexity index is 775. The van der Waals surface area contributed by atoms with Crippen molar-refractivity contribution in [3.8, 4) is 0 Å². The molecule has 2 bridgehead atoms. The van der Waals surface area contributed by atoms with Gasteiger partial charge >= 0.3 is 12.2 Å². The van der Waals surface area contributed by atoms with Gasteiger partial charge in [0.15, 0.2) is 11.6 Å². The largest absolute Gasteiger partial charge is 0.445 e. The van der Waals surface area contributed by atoms with Crippen LogP contribution in [0.1, 0.15) is 41.0 Å². The Kier molecular flexibility index (Phi) is 9.02. The van der Waals surface area contributed by atoms with Gasteiger partial charge in [-0.1, -0.05) is 13.8 Å². The maximum Gasteiger partial charge on any atom is 0.410 e. The van der Waals surface area contributed by atoms with Crippen LogP contribution >= 0.6 is 0 Å². The topological polar surface area (TPSA) is 117 Å². The number of rotatable bonds is 4. The molecule has 1 saturated heterocycles. The molecule has 0 saturated carbocycles. The van der Waals surface area contributed by atoms with Gasteiger partial charge in [0.25, 0.3) is 0 Å². The van der Waals surface area contributed by atoms with Crippen LogP contribution in [0.4, 0.5) is 9.59 Å². The Hall–Kier alpha value is -2.46. The molecule has 3 aliphatic rings. The van der Waals surface area contributed by atoms with Crippen molar-refractivity contribution in [2.75, 3.05) is 46.4 Å². The summed E-state index contributed by atoms with van der Waals surface area (Å²) in [6.07, 6.45) is 2.52. The van der Waals surface area contributed by atoms with Crippen LogP contribution in [0.3, 0.4) is 0 Å². The molecule has 186 valence electrons. The van der Waals surface area contributed by atoms with Crippen molar-refractivity contribution in [1.29, 1.82) is 0 Å². The van der Waals surface area contributed by atoms with Gasteiger partial charge in [-0.05, 0) is 39.3 Å². The number of ether oxygens (including phenoxy) is 2. The van der Waals surface area contributed by atoms with Gasteiger partial charge in [0.05, 0.1) is 25.2 Å². The molecule has 3 aliphatic heterocycles. The number of hydrogen-bond donors (Lipinski definition) is 2. The number of Topliss-reactive ketones (excluding diaryl/α,β-unsaturated/α-hetero) is 2. The number of carbonyl (C=O) groups excluding carboxylic acids is 4. The summed E-state index contributed by atoms with van der Waals surface area (Å²) in [4.78, 5) is 53.7. The number of fused-ring (bicyclic) bond motifs is 13. The van der Waals surface area contributed by atoms with E-state index in [1.807, 2.05) is 13.8 Å². The Morgan fingerprint density at radius 3 is 2.18 bits per heavy atom. The number of amides is 2. The van der Waals surface area contributed by atoms with Gasteiger partial charge in [-0.15, -0.1) is 0 Å². The van der Waals surface area contributed by atoms with E-state index in [4.69, 9.17) is 9.47 Å². The molecule has 0 unspecified atom stereocenters. The first-order valence-electron chi connectivity index (χ1n) is 11.4. The summed E-state index contributed by atoms with van der Waals surface area (Å²) in [5.41, 5.74) is -1.91. The summed E-state index contributed by atoms with van der Waals surface area (Å²) >= 11 is 0. The molecule has 0 aliphatic carbocycles. The zero-order valence-electron chi connectivity index (χ0n) is 20.6. The van der Waals surface area contributed by atoms with E-state index < -0.39 is 23.3 Å². The van der Waals surface area contributed by atoms with Crippen LogP contribution in [0.15, 0.2) is 12.2 Å². The number of hydrogen-bond acceptors (Lipinski definition) is 8. The van der Waals surface area contributed by atoms with Crippen LogP contribution in [0, 0.1) is 5.92 Å². The highest BCUT2D eigenvalue weighted by Crippen LogP contribution is 2.26. The third kappa shape index (κ3) is 6.77. The minimum Gasteiger partial charge on any atom is -0.445 e. The summed E-state index contributed by atoms with van der Waals surface area (Å²) in [6.45, 7) is 9.93. The lowest BCUT2D eigenvalue weighted by Crippen LogP contribution is -2.75. The molecule has 10 nitrogen and oxygen atoms in total. The maximum atomic E-state index is 13.3. The van der Waals surface area contributed by atoms with Crippen LogP contribution < -0.4 is 10.6 Å². The Morgan fingerprint density at radius 2 is 1.64 bits per heavy atom. The van der Waals surface area contributed by atoms with E-state index >= 15 is 0 Å². The molecule has 3 heterocycles. The summed E-state index contributed by atoms with van der Waals surface area (Å²) in [7, 11) is 1.62. The smallest absolute Gasteiger partial charge is 0.410 e. The molecule has 1 atom stereocenters. The third-order valence-electron chi connectivity index (χ3n) is 6.02. The van der Waals surface area contributed by atoms with E-state index in [0.29, 0.717) is 13.0 Å². The number of nitrogens with zero attached hydrogens (tertiary/aromatic N) is 2. The van der Waals surface area contributed by atoms with Gasteiger partial charge in [0.2, 0.25) is 0 Å². The highest BCUT2D eigenvalue weighted by atomic mass is 16.6. The average molecular weight is 467 g/mol. The average Bonchev–Trinajstić information content (AvgIpc) is 2.71. The molecule has 10 heteroatoms. The predicted molar refractivity (Wildman–Crippen MR) is 123 cm³/mol. The Labute approximate surface area is 196 Å². The minimum absolute atomic E-state index is 0.0268. The zero-order valence-corrected chi connectivity index (χ0v) is 20.6.